The first-order valence-corrected chi connectivity index (χ1v) is 5.90. The van der Waals surface area contributed by atoms with Crippen molar-refractivity contribution in [2.75, 3.05) is 11.9 Å². The number of rotatable bonds is 3. The fraction of sp³-hybridized carbons (Fsp3) is 0.154. The van der Waals surface area contributed by atoms with Crippen LogP contribution < -0.4 is 4.90 Å². The molecule has 2 rings (SSSR count). The number of halogens is 2. The molecule has 0 aliphatic rings. The molecule has 0 radical (unpaired) electrons. The molecular weight excluding hydrogens is 269 g/mol. The van der Waals surface area contributed by atoms with Gasteiger partial charge in [-0.2, -0.15) is 0 Å². The fourth-order valence-corrected chi connectivity index (χ4v) is 1.98. The van der Waals surface area contributed by atoms with Crippen LogP contribution >= 0.6 is 11.6 Å². The highest BCUT2D eigenvalue weighted by molar-refractivity contribution is 6.32. The number of carbonyl (C=O) groups is 1. The molecule has 0 saturated heterocycles. The number of aldehydes is 1. The second-order valence-corrected chi connectivity index (χ2v) is 4.29. The minimum Gasteiger partial charge on any atom is -0.326 e. The highest BCUT2D eigenvalue weighted by Gasteiger charge is 2.17. The first kappa shape index (κ1) is 13.4. The second kappa shape index (κ2) is 5.32. The highest BCUT2D eigenvalue weighted by atomic mass is 35.5. The molecule has 2 aromatic rings. The van der Waals surface area contributed by atoms with Crippen LogP contribution in [0.5, 0.6) is 0 Å². The Bertz CT molecular complexity index is 633. The summed E-state index contributed by atoms with van der Waals surface area (Å²) in [6, 6.07) is 6.22. The van der Waals surface area contributed by atoms with Crippen LogP contribution in [0.15, 0.2) is 24.3 Å². The molecule has 0 spiro atoms. The van der Waals surface area contributed by atoms with Gasteiger partial charge in [0.15, 0.2) is 6.29 Å². The molecule has 98 valence electrons. The number of hydrogen-bond donors (Lipinski definition) is 0. The van der Waals surface area contributed by atoms with Gasteiger partial charge in [-0.15, -0.1) is 0 Å². The third kappa shape index (κ3) is 2.56. The summed E-state index contributed by atoms with van der Waals surface area (Å²) in [5.41, 5.74) is 0.442. The van der Waals surface area contributed by atoms with Crippen molar-refractivity contribution in [1.29, 1.82) is 0 Å². The van der Waals surface area contributed by atoms with Crippen LogP contribution in [0.3, 0.4) is 0 Å². The van der Waals surface area contributed by atoms with Crippen molar-refractivity contribution >= 4 is 29.4 Å². The van der Waals surface area contributed by atoms with E-state index in [1.54, 1.807) is 32.2 Å². The monoisotopic (exact) mass is 279 g/mol. The number of benzene rings is 1. The SMILES string of the molecule is Cc1nc(Cl)c(C=O)c(N(C)c2ccccc2F)n1. The van der Waals surface area contributed by atoms with E-state index < -0.39 is 5.82 Å². The van der Waals surface area contributed by atoms with E-state index in [0.29, 0.717) is 17.8 Å². The average molecular weight is 280 g/mol. The molecule has 0 atom stereocenters. The summed E-state index contributed by atoms with van der Waals surface area (Å²) in [6.45, 7) is 1.65. The van der Waals surface area contributed by atoms with Gasteiger partial charge in [0.2, 0.25) is 0 Å². The lowest BCUT2D eigenvalue weighted by molar-refractivity contribution is 0.112. The van der Waals surface area contributed by atoms with E-state index in [1.165, 1.54) is 11.0 Å². The van der Waals surface area contributed by atoms with Crippen molar-refractivity contribution < 1.29 is 9.18 Å². The fourth-order valence-electron chi connectivity index (χ4n) is 1.73. The third-order valence-electron chi connectivity index (χ3n) is 2.64. The Morgan fingerprint density at radius 1 is 1.32 bits per heavy atom. The lowest BCUT2D eigenvalue weighted by Gasteiger charge is -2.20. The summed E-state index contributed by atoms with van der Waals surface area (Å²) in [5, 5.41) is 0.0562. The largest absolute Gasteiger partial charge is 0.326 e. The van der Waals surface area contributed by atoms with Gasteiger partial charge in [-0.25, -0.2) is 14.4 Å². The van der Waals surface area contributed by atoms with E-state index >= 15 is 0 Å². The van der Waals surface area contributed by atoms with Gasteiger partial charge in [0, 0.05) is 7.05 Å². The highest BCUT2D eigenvalue weighted by Crippen LogP contribution is 2.29. The Hall–Kier alpha value is -2.01. The number of carbonyl (C=O) groups excluding carboxylic acids is 1. The molecule has 0 bridgehead atoms. The first-order valence-electron chi connectivity index (χ1n) is 5.52. The van der Waals surface area contributed by atoms with Crippen molar-refractivity contribution in [3.8, 4) is 0 Å². The molecule has 0 aliphatic heterocycles. The summed E-state index contributed by atoms with van der Waals surface area (Å²) < 4.78 is 13.8. The predicted molar refractivity (Wildman–Crippen MR) is 71.6 cm³/mol. The molecule has 1 heterocycles. The Kier molecular flexibility index (Phi) is 3.76. The van der Waals surface area contributed by atoms with Crippen LogP contribution in [0.4, 0.5) is 15.9 Å². The maximum Gasteiger partial charge on any atom is 0.156 e. The predicted octanol–water partition coefficient (Wildman–Crippen LogP) is 3.16. The van der Waals surface area contributed by atoms with E-state index in [0.717, 1.165) is 0 Å². The van der Waals surface area contributed by atoms with Crippen molar-refractivity contribution in [3.63, 3.8) is 0 Å². The smallest absolute Gasteiger partial charge is 0.156 e. The van der Waals surface area contributed by atoms with Crippen molar-refractivity contribution in [2.24, 2.45) is 0 Å². The molecule has 0 fully saturated rings. The van der Waals surface area contributed by atoms with Crippen LogP contribution in [-0.2, 0) is 0 Å². The molecule has 19 heavy (non-hydrogen) atoms. The summed E-state index contributed by atoms with van der Waals surface area (Å²) in [7, 11) is 1.61. The quantitative estimate of drug-likeness (QED) is 0.639. The number of anilines is 2. The van der Waals surface area contributed by atoms with Crippen molar-refractivity contribution in [1.82, 2.24) is 9.97 Å². The van der Waals surface area contributed by atoms with Gasteiger partial charge in [-0.1, -0.05) is 23.7 Å². The van der Waals surface area contributed by atoms with Crippen LogP contribution in [0.25, 0.3) is 0 Å². The normalized spacial score (nSPS) is 10.3. The van der Waals surface area contributed by atoms with Gasteiger partial charge in [0.05, 0.1) is 11.3 Å². The molecule has 0 amide bonds. The molecule has 0 aliphatic carbocycles. The van der Waals surface area contributed by atoms with Crippen LogP contribution in [0.1, 0.15) is 16.2 Å². The van der Waals surface area contributed by atoms with E-state index in [9.17, 15) is 9.18 Å². The molecule has 0 N–H and O–H groups in total. The minimum atomic E-state index is -0.408. The van der Waals surface area contributed by atoms with E-state index in [1.807, 2.05) is 0 Å². The Balaban J connectivity index is 2.59. The van der Waals surface area contributed by atoms with E-state index in [-0.39, 0.29) is 16.5 Å². The number of para-hydroxylation sites is 1. The number of nitrogens with zero attached hydrogens (tertiary/aromatic N) is 3. The average Bonchev–Trinajstić information content (AvgIpc) is 2.37. The number of hydrogen-bond acceptors (Lipinski definition) is 4. The van der Waals surface area contributed by atoms with Crippen molar-refractivity contribution in [2.45, 2.75) is 6.92 Å². The van der Waals surface area contributed by atoms with E-state index in [2.05, 4.69) is 9.97 Å². The zero-order valence-corrected chi connectivity index (χ0v) is 11.1. The topological polar surface area (TPSA) is 46.1 Å². The lowest BCUT2D eigenvalue weighted by atomic mass is 10.2. The van der Waals surface area contributed by atoms with Gasteiger partial charge >= 0.3 is 0 Å². The Labute approximate surface area is 114 Å². The summed E-state index contributed by atoms with van der Waals surface area (Å²) in [5.74, 6) is 0.278. The number of aromatic nitrogens is 2. The summed E-state index contributed by atoms with van der Waals surface area (Å²) in [6.07, 6.45) is 0.564. The van der Waals surface area contributed by atoms with Gasteiger partial charge in [-0.05, 0) is 19.1 Å². The zero-order valence-electron chi connectivity index (χ0n) is 10.4. The molecular formula is C13H11ClFN3O. The van der Waals surface area contributed by atoms with Crippen LogP contribution in [0.2, 0.25) is 5.15 Å². The first-order chi connectivity index (χ1) is 9.04. The van der Waals surface area contributed by atoms with Gasteiger partial charge in [-0.3, -0.25) is 4.79 Å². The molecule has 1 aromatic heterocycles. The molecule has 1 aromatic carbocycles. The maximum absolute atomic E-state index is 13.8. The minimum absolute atomic E-state index is 0.0562. The van der Waals surface area contributed by atoms with Gasteiger partial charge < -0.3 is 4.90 Å². The summed E-state index contributed by atoms with van der Waals surface area (Å²) >= 11 is 5.90. The van der Waals surface area contributed by atoms with Gasteiger partial charge in [0.25, 0.3) is 0 Å². The van der Waals surface area contributed by atoms with Crippen molar-refractivity contribution in [3.05, 3.63) is 46.6 Å². The maximum atomic E-state index is 13.8. The zero-order chi connectivity index (χ0) is 14.0. The molecule has 4 nitrogen and oxygen atoms in total. The van der Waals surface area contributed by atoms with E-state index in [4.69, 9.17) is 11.6 Å². The van der Waals surface area contributed by atoms with Crippen LogP contribution in [-0.4, -0.2) is 23.3 Å². The number of aryl methyl sites for hydroxylation is 1. The Morgan fingerprint density at radius 2 is 2.00 bits per heavy atom. The lowest BCUT2D eigenvalue weighted by Crippen LogP contribution is -2.16. The summed E-state index contributed by atoms with van der Waals surface area (Å²) in [4.78, 5) is 20.6. The standard InChI is InChI=1S/C13H11ClFN3O/c1-8-16-12(14)9(7-19)13(17-8)18(2)11-6-4-3-5-10(11)15/h3-7H,1-2H3. The third-order valence-corrected chi connectivity index (χ3v) is 2.93. The molecule has 0 unspecified atom stereocenters. The second-order valence-electron chi connectivity index (χ2n) is 3.93. The molecule has 0 saturated carbocycles. The molecule has 6 heteroatoms. The Morgan fingerprint density at radius 3 is 2.63 bits per heavy atom. The van der Waals surface area contributed by atoms with Crippen LogP contribution in [0, 0.1) is 12.7 Å². The van der Waals surface area contributed by atoms with Gasteiger partial charge in [0.1, 0.15) is 22.6 Å².